The van der Waals surface area contributed by atoms with E-state index in [9.17, 15) is 4.39 Å². The predicted molar refractivity (Wildman–Crippen MR) is 67.1 cm³/mol. The number of anilines is 2. The van der Waals surface area contributed by atoms with Gasteiger partial charge in [0.2, 0.25) is 0 Å². The maximum absolute atomic E-state index is 13.0. The predicted octanol–water partition coefficient (Wildman–Crippen LogP) is 2.72. The molecule has 0 aliphatic rings. The molecule has 17 heavy (non-hydrogen) atoms. The summed E-state index contributed by atoms with van der Waals surface area (Å²) in [6, 6.07) is 8.28. The Morgan fingerprint density at radius 1 is 1.35 bits per heavy atom. The number of aryl methyl sites for hydroxylation is 1. The Labute approximate surface area is 99.5 Å². The molecule has 0 aliphatic heterocycles. The molecule has 1 aromatic heterocycles. The lowest BCUT2D eigenvalue weighted by molar-refractivity contribution is 0.626. The lowest BCUT2D eigenvalue weighted by Crippen LogP contribution is -2.05. The molecular formula is C13H14FN3. The molecule has 88 valence electrons. The molecule has 1 heterocycles. The number of rotatable bonds is 3. The van der Waals surface area contributed by atoms with Crippen molar-refractivity contribution in [3.05, 3.63) is 53.5 Å². The van der Waals surface area contributed by atoms with Crippen LogP contribution >= 0.6 is 0 Å². The van der Waals surface area contributed by atoms with Crippen molar-refractivity contribution < 1.29 is 4.39 Å². The fourth-order valence-corrected chi connectivity index (χ4v) is 1.54. The summed E-state index contributed by atoms with van der Waals surface area (Å²) in [4.78, 5) is 4.15. The van der Waals surface area contributed by atoms with E-state index >= 15 is 0 Å². The van der Waals surface area contributed by atoms with Gasteiger partial charge in [0.1, 0.15) is 11.6 Å². The van der Waals surface area contributed by atoms with Gasteiger partial charge in [0.15, 0.2) is 0 Å². The van der Waals surface area contributed by atoms with E-state index in [1.54, 1.807) is 12.3 Å². The van der Waals surface area contributed by atoms with Gasteiger partial charge in [-0.3, -0.25) is 0 Å². The number of halogens is 1. The number of hydrogen-bond acceptors (Lipinski definition) is 3. The minimum atomic E-state index is -0.241. The van der Waals surface area contributed by atoms with Crippen molar-refractivity contribution >= 4 is 11.5 Å². The Kier molecular flexibility index (Phi) is 3.23. The Morgan fingerprint density at radius 3 is 2.94 bits per heavy atom. The summed E-state index contributed by atoms with van der Waals surface area (Å²) >= 11 is 0. The zero-order valence-corrected chi connectivity index (χ0v) is 9.57. The van der Waals surface area contributed by atoms with Gasteiger partial charge in [0.05, 0.1) is 5.69 Å². The molecule has 0 unspecified atom stereocenters. The first kappa shape index (κ1) is 11.4. The summed E-state index contributed by atoms with van der Waals surface area (Å²) in [6.07, 6.45) is 1.69. The van der Waals surface area contributed by atoms with Gasteiger partial charge in [-0.05, 0) is 36.2 Å². The highest BCUT2D eigenvalue weighted by molar-refractivity contribution is 5.64. The number of hydrogen-bond donors (Lipinski definition) is 2. The fourth-order valence-electron chi connectivity index (χ4n) is 1.54. The lowest BCUT2D eigenvalue weighted by Gasteiger charge is -2.09. The van der Waals surface area contributed by atoms with Gasteiger partial charge in [-0.2, -0.15) is 0 Å². The molecule has 0 saturated heterocycles. The van der Waals surface area contributed by atoms with Crippen LogP contribution in [0.3, 0.4) is 0 Å². The monoisotopic (exact) mass is 231 g/mol. The number of nitrogen functional groups attached to an aromatic ring is 1. The Morgan fingerprint density at radius 2 is 2.18 bits per heavy atom. The minimum absolute atomic E-state index is 0.241. The average molecular weight is 231 g/mol. The van der Waals surface area contributed by atoms with Crippen LogP contribution in [0.2, 0.25) is 0 Å². The normalized spacial score (nSPS) is 10.2. The lowest BCUT2D eigenvalue weighted by atomic mass is 10.2. The van der Waals surface area contributed by atoms with Gasteiger partial charge in [-0.1, -0.05) is 12.1 Å². The highest BCUT2D eigenvalue weighted by Crippen LogP contribution is 2.19. The number of nitrogens with two attached hydrogens (primary N) is 1. The number of benzene rings is 1. The van der Waals surface area contributed by atoms with E-state index in [0.29, 0.717) is 18.1 Å². The summed E-state index contributed by atoms with van der Waals surface area (Å²) in [5, 5.41) is 3.09. The molecule has 2 aromatic rings. The zero-order valence-electron chi connectivity index (χ0n) is 9.57. The summed E-state index contributed by atoms with van der Waals surface area (Å²) < 4.78 is 13.0. The van der Waals surface area contributed by atoms with Crippen LogP contribution in [0.5, 0.6) is 0 Å². The van der Waals surface area contributed by atoms with Crippen molar-refractivity contribution in [1.29, 1.82) is 0 Å². The molecule has 0 fully saturated rings. The van der Waals surface area contributed by atoms with Crippen LogP contribution in [-0.2, 0) is 6.54 Å². The molecule has 2 rings (SSSR count). The van der Waals surface area contributed by atoms with Crippen LogP contribution in [0.4, 0.5) is 15.9 Å². The van der Waals surface area contributed by atoms with Gasteiger partial charge in [-0.25, -0.2) is 9.37 Å². The molecule has 0 aliphatic carbocycles. The Balaban J connectivity index is 2.10. The zero-order chi connectivity index (χ0) is 12.3. The molecule has 0 spiro atoms. The molecule has 1 aromatic carbocycles. The molecule has 3 nitrogen and oxygen atoms in total. The SMILES string of the molecule is Cc1ccnc(NCc2cccc(F)c2)c1N. The Hall–Kier alpha value is -2.10. The van der Waals surface area contributed by atoms with Gasteiger partial charge in [0.25, 0.3) is 0 Å². The topological polar surface area (TPSA) is 50.9 Å². The Bertz CT molecular complexity index is 526. The van der Waals surface area contributed by atoms with Gasteiger partial charge < -0.3 is 11.1 Å². The fraction of sp³-hybridized carbons (Fsp3) is 0.154. The van der Waals surface area contributed by atoms with Crippen LogP contribution in [-0.4, -0.2) is 4.98 Å². The third kappa shape index (κ3) is 2.72. The van der Waals surface area contributed by atoms with E-state index in [-0.39, 0.29) is 5.82 Å². The van der Waals surface area contributed by atoms with E-state index in [2.05, 4.69) is 10.3 Å². The van der Waals surface area contributed by atoms with Gasteiger partial charge >= 0.3 is 0 Å². The van der Waals surface area contributed by atoms with Crippen molar-refractivity contribution in [3.63, 3.8) is 0 Å². The quantitative estimate of drug-likeness (QED) is 0.854. The molecule has 4 heteroatoms. The van der Waals surface area contributed by atoms with E-state index in [0.717, 1.165) is 11.1 Å². The molecule has 0 bridgehead atoms. The molecule has 0 atom stereocenters. The largest absolute Gasteiger partial charge is 0.396 e. The van der Waals surface area contributed by atoms with Crippen molar-refractivity contribution in [2.45, 2.75) is 13.5 Å². The van der Waals surface area contributed by atoms with Crippen LogP contribution in [0, 0.1) is 12.7 Å². The number of pyridine rings is 1. The standard InChI is InChI=1S/C13H14FN3/c1-9-5-6-16-13(12(9)15)17-8-10-3-2-4-11(14)7-10/h2-7H,8,15H2,1H3,(H,16,17). The van der Waals surface area contributed by atoms with Crippen molar-refractivity contribution in [2.24, 2.45) is 0 Å². The number of aromatic nitrogens is 1. The van der Waals surface area contributed by atoms with E-state index in [1.807, 2.05) is 19.1 Å². The number of nitrogens with zero attached hydrogens (tertiary/aromatic N) is 1. The summed E-state index contributed by atoms with van der Waals surface area (Å²) in [7, 11) is 0. The second-order valence-electron chi connectivity index (χ2n) is 3.87. The molecule has 0 saturated carbocycles. The molecule has 0 radical (unpaired) electrons. The first-order valence-electron chi connectivity index (χ1n) is 5.36. The van der Waals surface area contributed by atoms with Crippen LogP contribution in [0.15, 0.2) is 36.5 Å². The van der Waals surface area contributed by atoms with Crippen molar-refractivity contribution in [1.82, 2.24) is 4.98 Å². The first-order chi connectivity index (χ1) is 8.16. The first-order valence-corrected chi connectivity index (χ1v) is 5.36. The van der Waals surface area contributed by atoms with E-state index in [1.165, 1.54) is 12.1 Å². The second kappa shape index (κ2) is 4.82. The molecule has 3 N–H and O–H groups in total. The third-order valence-corrected chi connectivity index (χ3v) is 2.56. The van der Waals surface area contributed by atoms with Gasteiger partial charge in [0, 0.05) is 12.7 Å². The highest BCUT2D eigenvalue weighted by Gasteiger charge is 2.02. The van der Waals surface area contributed by atoms with E-state index < -0.39 is 0 Å². The highest BCUT2D eigenvalue weighted by atomic mass is 19.1. The molecule has 0 amide bonds. The van der Waals surface area contributed by atoms with Crippen molar-refractivity contribution in [2.75, 3.05) is 11.1 Å². The minimum Gasteiger partial charge on any atom is -0.396 e. The second-order valence-corrected chi connectivity index (χ2v) is 3.87. The summed E-state index contributed by atoms with van der Waals surface area (Å²) in [6.45, 7) is 2.42. The molecular weight excluding hydrogens is 217 g/mol. The third-order valence-electron chi connectivity index (χ3n) is 2.56. The maximum Gasteiger partial charge on any atom is 0.149 e. The van der Waals surface area contributed by atoms with Crippen LogP contribution in [0.25, 0.3) is 0 Å². The van der Waals surface area contributed by atoms with Crippen LogP contribution < -0.4 is 11.1 Å². The number of nitrogens with one attached hydrogen (secondary N) is 1. The maximum atomic E-state index is 13.0. The average Bonchev–Trinajstić information content (AvgIpc) is 2.31. The van der Waals surface area contributed by atoms with E-state index in [4.69, 9.17) is 5.73 Å². The summed E-state index contributed by atoms with van der Waals surface area (Å²) in [5.74, 6) is 0.392. The van der Waals surface area contributed by atoms with Crippen molar-refractivity contribution in [3.8, 4) is 0 Å². The van der Waals surface area contributed by atoms with Gasteiger partial charge in [-0.15, -0.1) is 0 Å². The van der Waals surface area contributed by atoms with Crippen LogP contribution in [0.1, 0.15) is 11.1 Å². The summed E-state index contributed by atoms with van der Waals surface area (Å²) in [5.41, 5.74) is 8.33. The smallest absolute Gasteiger partial charge is 0.149 e.